The van der Waals surface area contributed by atoms with Crippen LogP contribution in [0, 0.1) is 26.6 Å². The molecule has 1 aliphatic heterocycles. The fourth-order valence-electron chi connectivity index (χ4n) is 4.04. The van der Waals surface area contributed by atoms with Crippen LogP contribution in [0.3, 0.4) is 0 Å². The van der Waals surface area contributed by atoms with E-state index < -0.39 is 29.0 Å². The predicted molar refractivity (Wildman–Crippen MR) is 117 cm³/mol. The quantitative estimate of drug-likeness (QED) is 0.504. The van der Waals surface area contributed by atoms with Crippen molar-refractivity contribution in [2.45, 2.75) is 46.1 Å². The fraction of sp³-hybridized carbons (Fsp3) is 0.435. The number of hydrogen-bond acceptors (Lipinski definition) is 4. The van der Waals surface area contributed by atoms with Gasteiger partial charge in [-0.2, -0.15) is 0 Å². The maximum Gasteiger partial charge on any atom is 0.294 e. The molecule has 0 bridgehead atoms. The van der Waals surface area contributed by atoms with Crippen LogP contribution in [-0.4, -0.2) is 40.8 Å². The Morgan fingerprint density at radius 1 is 1.13 bits per heavy atom. The van der Waals surface area contributed by atoms with E-state index in [-0.39, 0.29) is 5.69 Å². The highest BCUT2D eigenvalue weighted by molar-refractivity contribution is 6.43. The first-order valence-corrected chi connectivity index (χ1v) is 10.3. The van der Waals surface area contributed by atoms with E-state index in [1.54, 1.807) is 44.5 Å². The zero-order valence-electron chi connectivity index (χ0n) is 18.6. The Hall–Kier alpha value is -3.00. The topological polar surface area (TPSA) is 92.2 Å². The molecule has 1 fully saturated rings. The molecule has 1 saturated heterocycles. The van der Waals surface area contributed by atoms with Crippen LogP contribution in [0.2, 0.25) is 0 Å². The van der Waals surface area contributed by atoms with Crippen LogP contribution in [0.15, 0.2) is 18.2 Å². The summed E-state index contributed by atoms with van der Waals surface area (Å²) in [6, 6.07) is 4.44. The maximum atomic E-state index is 13.8. The number of benzene rings is 1. The SMILES string of the molecule is Cc1ccc(NC(=O)c2c(C)c(C(=O)C(=O)NC3(C)CCNCC3)n(C)c2C)cc1F. The molecule has 7 nitrogen and oxygen atoms in total. The second kappa shape index (κ2) is 8.63. The summed E-state index contributed by atoms with van der Waals surface area (Å²) in [5, 5.41) is 8.78. The molecule has 2 aromatic rings. The van der Waals surface area contributed by atoms with Crippen molar-refractivity contribution in [3.8, 4) is 0 Å². The highest BCUT2D eigenvalue weighted by Crippen LogP contribution is 2.24. The van der Waals surface area contributed by atoms with Gasteiger partial charge >= 0.3 is 0 Å². The van der Waals surface area contributed by atoms with Gasteiger partial charge in [0, 0.05) is 24.0 Å². The molecule has 1 aromatic heterocycles. The van der Waals surface area contributed by atoms with Crippen LogP contribution in [0.25, 0.3) is 0 Å². The summed E-state index contributed by atoms with van der Waals surface area (Å²) < 4.78 is 15.4. The van der Waals surface area contributed by atoms with Crippen LogP contribution in [0.5, 0.6) is 0 Å². The van der Waals surface area contributed by atoms with Crippen molar-refractivity contribution in [1.29, 1.82) is 0 Å². The monoisotopic (exact) mass is 428 g/mol. The van der Waals surface area contributed by atoms with Gasteiger partial charge in [-0.05, 0) is 76.9 Å². The Morgan fingerprint density at radius 3 is 2.39 bits per heavy atom. The van der Waals surface area contributed by atoms with Gasteiger partial charge in [0.05, 0.1) is 11.3 Å². The number of anilines is 1. The molecular formula is C23H29FN4O3. The van der Waals surface area contributed by atoms with Crippen LogP contribution >= 0.6 is 0 Å². The molecule has 0 spiro atoms. The number of carbonyl (C=O) groups excluding carboxylic acids is 3. The number of carbonyl (C=O) groups is 3. The Bertz CT molecular complexity index is 1050. The number of nitrogens with one attached hydrogen (secondary N) is 3. The van der Waals surface area contributed by atoms with Gasteiger partial charge in [0.15, 0.2) is 0 Å². The van der Waals surface area contributed by atoms with Gasteiger partial charge in [0.25, 0.3) is 17.6 Å². The second-order valence-electron chi connectivity index (χ2n) is 8.51. The first-order valence-electron chi connectivity index (χ1n) is 10.3. The lowest BCUT2D eigenvalue weighted by Gasteiger charge is -2.34. The number of Topliss-reactive ketones (excluding diaryl/α,β-unsaturated/α-hetero) is 1. The Labute approximate surface area is 181 Å². The molecule has 1 aromatic carbocycles. The molecule has 1 aliphatic rings. The molecule has 2 heterocycles. The number of aromatic nitrogens is 1. The molecular weight excluding hydrogens is 399 g/mol. The number of halogens is 1. The van der Waals surface area contributed by atoms with Crippen molar-refractivity contribution in [3.63, 3.8) is 0 Å². The third-order valence-electron chi connectivity index (χ3n) is 6.13. The largest absolute Gasteiger partial charge is 0.344 e. The maximum absolute atomic E-state index is 13.8. The van der Waals surface area contributed by atoms with E-state index in [1.807, 2.05) is 6.92 Å². The molecule has 0 saturated carbocycles. The summed E-state index contributed by atoms with van der Waals surface area (Å²) in [4.78, 5) is 38.6. The summed E-state index contributed by atoms with van der Waals surface area (Å²) >= 11 is 0. The van der Waals surface area contributed by atoms with E-state index in [0.717, 1.165) is 25.9 Å². The van der Waals surface area contributed by atoms with Gasteiger partial charge in [0.2, 0.25) is 0 Å². The second-order valence-corrected chi connectivity index (χ2v) is 8.51. The minimum atomic E-state index is -0.680. The minimum Gasteiger partial charge on any atom is -0.344 e. The predicted octanol–water partition coefficient (Wildman–Crippen LogP) is 2.78. The first kappa shape index (κ1) is 22.7. The van der Waals surface area contributed by atoms with Gasteiger partial charge in [-0.25, -0.2) is 4.39 Å². The van der Waals surface area contributed by atoms with Crippen molar-refractivity contribution < 1.29 is 18.8 Å². The van der Waals surface area contributed by atoms with E-state index in [4.69, 9.17) is 0 Å². The molecule has 166 valence electrons. The number of aryl methyl sites for hydroxylation is 1. The van der Waals surface area contributed by atoms with Crippen molar-refractivity contribution in [3.05, 3.63) is 52.1 Å². The molecule has 0 atom stereocenters. The van der Waals surface area contributed by atoms with E-state index >= 15 is 0 Å². The summed E-state index contributed by atoms with van der Waals surface area (Å²) in [5.41, 5.74) is 1.79. The van der Waals surface area contributed by atoms with E-state index in [9.17, 15) is 18.8 Å². The number of piperidine rings is 1. The number of nitrogens with zero attached hydrogens (tertiary/aromatic N) is 1. The molecule has 3 N–H and O–H groups in total. The van der Waals surface area contributed by atoms with Gasteiger partial charge in [-0.1, -0.05) is 6.07 Å². The van der Waals surface area contributed by atoms with Gasteiger partial charge in [-0.3, -0.25) is 14.4 Å². The number of amides is 2. The van der Waals surface area contributed by atoms with E-state index in [2.05, 4.69) is 16.0 Å². The fourth-order valence-corrected chi connectivity index (χ4v) is 4.04. The third-order valence-corrected chi connectivity index (χ3v) is 6.13. The molecule has 0 unspecified atom stereocenters. The number of hydrogen-bond donors (Lipinski definition) is 3. The van der Waals surface area contributed by atoms with E-state index in [1.165, 1.54) is 6.07 Å². The van der Waals surface area contributed by atoms with Gasteiger partial charge in [0.1, 0.15) is 5.82 Å². The average molecular weight is 429 g/mol. The Balaban J connectivity index is 1.85. The zero-order valence-corrected chi connectivity index (χ0v) is 18.6. The van der Waals surface area contributed by atoms with Crippen molar-refractivity contribution in [2.75, 3.05) is 18.4 Å². The van der Waals surface area contributed by atoms with Crippen molar-refractivity contribution in [1.82, 2.24) is 15.2 Å². The lowest BCUT2D eigenvalue weighted by atomic mass is 9.90. The summed E-state index contributed by atoms with van der Waals surface area (Å²) in [6.45, 7) is 8.47. The van der Waals surface area contributed by atoms with Crippen molar-refractivity contribution in [2.24, 2.45) is 7.05 Å². The molecule has 8 heteroatoms. The number of ketones is 1. The van der Waals surface area contributed by atoms with Crippen LogP contribution in [0.1, 0.15) is 57.4 Å². The smallest absolute Gasteiger partial charge is 0.294 e. The van der Waals surface area contributed by atoms with Gasteiger partial charge in [-0.15, -0.1) is 0 Å². The summed E-state index contributed by atoms with van der Waals surface area (Å²) in [7, 11) is 1.65. The summed E-state index contributed by atoms with van der Waals surface area (Å²) in [6.07, 6.45) is 1.47. The minimum absolute atomic E-state index is 0.174. The molecule has 0 radical (unpaired) electrons. The van der Waals surface area contributed by atoms with Gasteiger partial charge < -0.3 is 20.5 Å². The molecule has 0 aliphatic carbocycles. The lowest BCUT2D eigenvalue weighted by molar-refractivity contribution is -0.119. The molecule has 31 heavy (non-hydrogen) atoms. The highest BCUT2D eigenvalue weighted by Gasteiger charge is 2.34. The first-order chi connectivity index (χ1) is 14.5. The number of rotatable bonds is 5. The Morgan fingerprint density at radius 2 is 1.77 bits per heavy atom. The average Bonchev–Trinajstić information content (AvgIpc) is 2.93. The zero-order chi connectivity index (χ0) is 22.9. The third kappa shape index (κ3) is 4.54. The summed E-state index contributed by atoms with van der Waals surface area (Å²) in [5.74, 6) is -2.24. The molecule has 2 amide bonds. The van der Waals surface area contributed by atoms with Crippen molar-refractivity contribution >= 4 is 23.3 Å². The molecule has 3 rings (SSSR count). The normalized spacial score (nSPS) is 15.4. The van der Waals surface area contributed by atoms with Crippen LogP contribution in [0.4, 0.5) is 10.1 Å². The lowest BCUT2D eigenvalue weighted by Crippen LogP contribution is -2.54. The Kier molecular flexibility index (Phi) is 6.31. The highest BCUT2D eigenvalue weighted by atomic mass is 19.1. The van der Waals surface area contributed by atoms with E-state index in [0.29, 0.717) is 28.1 Å². The standard InChI is InChI=1S/C23H29FN4O3/c1-13-6-7-16(12-17(13)24)26-21(30)18-14(2)19(28(5)15(18)3)20(29)22(31)27-23(4)8-10-25-11-9-23/h6-7,12,25H,8-11H2,1-5H3,(H,26,30)(H,27,31). The van der Waals surface area contributed by atoms with Crippen LogP contribution in [-0.2, 0) is 11.8 Å². The van der Waals surface area contributed by atoms with Crippen LogP contribution < -0.4 is 16.0 Å².